The van der Waals surface area contributed by atoms with Crippen LogP contribution in [0.15, 0.2) is 22.4 Å². The molecule has 1 aromatic carbocycles. The summed E-state index contributed by atoms with van der Waals surface area (Å²) in [5, 5.41) is 4.81. The number of fused-ring (bicyclic) bond motifs is 3. The zero-order valence-electron chi connectivity index (χ0n) is 16.0. The number of aldehydes is 1. The number of carbonyl (C=O) groups excluding carboxylic acids is 1. The summed E-state index contributed by atoms with van der Waals surface area (Å²) in [4.78, 5) is 33.6. The monoisotopic (exact) mass is 394 g/mol. The van der Waals surface area contributed by atoms with E-state index in [0.29, 0.717) is 11.1 Å². The Labute approximate surface area is 166 Å². The van der Waals surface area contributed by atoms with E-state index in [9.17, 15) is 9.59 Å². The van der Waals surface area contributed by atoms with E-state index in [0.717, 1.165) is 59.6 Å². The van der Waals surface area contributed by atoms with E-state index in [4.69, 9.17) is 4.98 Å². The molecule has 144 valence electrons. The van der Waals surface area contributed by atoms with Crippen molar-refractivity contribution in [3.8, 4) is 0 Å². The smallest absolute Gasteiger partial charge is 0.261 e. The highest BCUT2D eigenvalue weighted by Gasteiger charge is 2.46. The molecule has 0 radical (unpaired) electrons. The molecule has 0 amide bonds. The van der Waals surface area contributed by atoms with Crippen molar-refractivity contribution in [3.05, 3.63) is 50.6 Å². The van der Waals surface area contributed by atoms with Gasteiger partial charge in [0.15, 0.2) is 6.29 Å². The third kappa shape index (κ3) is 2.45. The highest BCUT2D eigenvalue weighted by molar-refractivity contribution is 7.14. The van der Waals surface area contributed by atoms with Gasteiger partial charge in [0.05, 0.1) is 22.5 Å². The van der Waals surface area contributed by atoms with Crippen molar-refractivity contribution in [2.24, 2.45) is 0 Å². The molecule has 5 rings (SSSR count). The molecule has 1 N–H and O–H groups in total. The predicted octanol–water partition coefficient (Wildman–Crippen LogP) is 3.97. The van der Waals surface area contributed by atoms with E-state index in [1.54, 1.807) is 5.51 Å². The van der Waals surface area contributed by atoms with Crippen LogP contribution in [0.2, 0.25) is 0 Å². The van der Waals surface area contributed by atoms with Crippen LogP contribution >= 0.6 is 11.3 Å². The fourth-order valence-electron chi connectivity index (χ4n) is 4.68. The Morgan fingerprint density at radius 3 is 2.86 bits per heavy atom. The zero-order chi connectivity index (χ0) is 19.5. The number of nitrogens with one attached hydrogen (secondary N) is 1. The van der Waals surface area contributed by atoms with E-state index in [1.165, 1.54) is 17.8 Å². The number of rotatable bonds is 4. The molecule has 6 nitrogen and oxygen atoms in total. The third-order valence-corrected chi connectivity index (χ3v) is 7.13. The number of hydrogen-bond acceptors (Lipinski definition) is 6. The lowest BCUT2D eigenvalue weighted by molar-refractivity contribution is 0.112. The predicted molar refractivity (Wildman–Crippen MR) is 110 cm³/mol. The number of thiazole rings is 1. The Bertz CT molecular complexity index is 1160. The minimum atomic E-state index is -0.102. The summed E-state index contributed by atoms with van der Waals surface area (Å²) in [5.41, 5.74) is 5.06. The standard InChI is InChI=1S/C21H22N4O2S/c1-12-8-14(13(2)23-18-16(10-26)22-11-28-18)17-15(9-12)19(27)25-7-6-21(4-3-5-21)20(25)24-17/h8-11,13,23H,3-7H2,1-2H3. The Hall–Kier alpha value is -2.54. The highest BCUT2D eigenvalue weighted by atomic mass is 32.1. The second-order valence-electron chi connectivity index (χ2n) is 8.08. The van der Waals surface area contributed by atoms with Gasteiger partial charge in [-0.05, 0) is 44.7 Å². The summed E-state index contributed by atoms with van der Waals surface area (Å²) in [6, 6.07) is 3.94. The van der Waals surface area contributed by atoms with Crippen LogP contribution in [0, 0.1) is 6.92 Å². The fraction of sp³-hybridized carbons (Fsp3) is 0.429. The number of anilines is 1. The van der Waals surface area contributed by atoms with Gasteiger partial charge in [0.25, 0.3) is 5.56 Å². The summed E-state index contributed by atoms with van der Waals surface area (Å²) in [7, 11) is 0. The van der Waals surface area contributed by atoms with Gasteiger partial charge in [-0.3, -0.25) is 14.2 Å². The zero-order valence-corrected chi connectivity index (χ0v) is 16.8. The average Bonchev–Trinajstić information content (AvgIpc) is 3.26. The van der Waals surface area contributed by atoms with Gasteiger partial charge in [-0.1, -0.05) is 12.5 Å². The van der Waals surface area contributed by atoms with Gasteiger partial charge in [0, 0.05) is 17.5 Å². The summed E-state index contributed by atoms with van der Waals surface area (Å²) < 4.78 is 1.90. The topological polar surface area (TPSA) is 76.9 Å². The number of hydrogen-bond donors (Lipinski definition) is 1. The lowest BCUT2D eigenvalue weighted by Gasteiger charge is -2.37. The molecule has 1 fully saturated rings. The van der Waals surface area contributed by atoms with E-state index >= 15 is 0 Å². The van der Waals surface area contributed by atoms with Crippen LogP contribution in [-0.2, 0) is 12.0 Å². The first-order valence-electron chi connectivity index (χ1n) is 9.73. The van der Waals surface area contributed by atoms with Crippen LogP contribution in [0.1, 0.15) is 66.1 Å². The van der Waals surface area contributed by atoms with Crippen molar-refractivity contribution in [1.82, 2.24) is 14.5 Å². The normalized spacial score (nSPS) is 18.1. The lowest BCUT2D eigenvalue weighted by atomic mass is 9.67. The van der Waals surface area contributed by atoms with Crippen LogP contribution in [0.3, 0.4) is 0 Å². The average molecular weight is 395 g/mol. The van der Waals surface area contributed by atoms with Crippen LogP contribution in [0.5, 0.6) is 0 Å². The Morgan fingerprint density at radius 2 is 2.14 bits per heavy atom. The van der Waals surface area contributed by atoms with Crippen molar-refractivity contribution >= 4 is 33.5 Å². The number of aryl methyl sites for hydroxylation is 1. The molecule has 28 heavy (non-hydrogen) atoms. The number of aromatic nitrogens is 3. The molecule has 3 aromatic rings. The first kappa shape index (κ1) is 17.6. The maximum Gasteiger partial charge on any atom is 0.261 e. The molecule has 0 bridgehead atoms. The third-order valence-electron chi connectivity index (χ3n) is 6.35. The van der Waals surface area contributed by atoms with E-state index in [1.807, 2.05) is 24.5 Å². The number of benzene rings is 1. The Morgan fingerprint density at radius 1 is 1.32 bits per heavy atom. The SMILES string of the molecule is Cc1cc(C(C)Nc2scnc2C=O)c2nc3n(c(=O)c2c1)CCC31CCC1. The van der Waals surface area contributed by atoms with Gasteiger partial charge < -0.3 is 5.32 Å². The van der Waals surface area contributed by atoms with Crippen molar-refractivity contribution in [3.63, 3.8) is 0 Å². The molecule has 2 aliphatic rings. The first-order valence-corrected chi connectivity index (χ1v) is 10.6. The maximum absolute atomic E-state index is 13.2. The maximum atomic E-state index is 13.2. The van der Waals surface area contributed by atoms with Crippen molar-refractivity contribution in [2.45, 2.75) is 57.5 Å². The molecule has 1 aliphatic heterocycles. The molecule has 7 heteroatoms. The highest BCUT2D eigenvalue weighted by Crippen LogP contribution is 2.49. The van der Waals surface area contributed by atoms with Crippen molar-refractivity contribution in [1.29, 1.82) is 0 Å². The van der Waals surface area contributed by atoms with Gasteiger partial charge in [-0.25, -0.2) is 9.97 Å². The van der Waals surface area contributed by atoms with Crippen LogP contribution in [0.25, 0.3) is 10.9 Å². The van der Waals surface area contributed by atoms with Gasteiger partial charge in [0.1, 0.15) is 16.5 Å². The molecular weight excluding hydrogens is 372 g/mol. The minimum absolute atomic E-state index is 0.0762. The lowest BCUT2D eigenvalue weighted by Crippen LogP contribution is -2.34. The summed E-state index contributed by atoms with van der Waals surface area (Å²) in [6.07, 6.45) is 5.26. The molecule has 1 atom stereocenters. The van der Waals surface area contributed by atoms with E-state index in [-0.39, 0.29) is 17.0 Å². The fourth-order valence-corrected chi connectivity index (χ4v) is 5.42. The van der Waals surface area contributed by atoms with Gasteiger partial charge in [-0.2, -0.15) is 0 Å². The van der Waals surface area contributed by atoms with E-state index < -0.39 is 0 Å². The largest absolute Gasteiger partial charge is 0.368 e. The van der Waals surface area contributed by atoms with Gasteiger partial charge in [0.2, 0.25) is 0 Å². The van der Waals surface area contributed by atoms with E-state index in [2.05, 4.69) is 16.4 Å². The van der Waals surface area contributed by atoms with Crippen LogP contribution in [-0.4, -0.2) is 20.8 Å². The molecule has 1 saturated carbocycles. The first-order chi connectivity index (χ1) is 13.5. The molecular formula is C21H22N4O2S. The second-order valence-corrected chi connectivity index (χ2v) is 8.93. The number of nitrogens with zero attached hydrogens (tertiary/aromatic N) is 3. The van der Waals surface area contributed by atoms with Crippen LogP contribution in [0.4, 0.5) is 5.00 Å². The Balaban J connectivity index is 1.66. The molecule has 3 heterocycles. The molecule has 2 aromatic heterocycles. The summed E-state index contributed by atoms with van der Waals surface area (Å²) in [6.45, 7) is 4.82. The molecule has 0 saturated heterocycles. The second kappa shape index (κ2) is 6.24. The number of carbonyl (C=O) groups is 1. The van der Waals surface area contributed by atoms with Crippen molar-refractivity contribution in [2.75, 3.05) is 5.32 Å². The minimum Gasteiger partial charge on any atom is -0.368 e. The summed E-state index contributed by atoms with van der Waals surface area (Å²) >= 11 is 1.40. The Kier molecular flexibility index (Phi) is 3.91. The van der Waals surface area contributed by atoms with Gasteiger partial charge >= 0.3 is 0 Å². The molecule has 1 spiro atoms. The van der Waals surface area contributed by atoms with Gasteiger partial charge in [-0.15, -0.1) is 11.3 Å². The molecule has 1 aliphatic carbocycles. The quantitative estimate of drug-likeness (QED) is 0.678. The summed E-state index contributed by atoms with van der Waals surface area (Å²) in [5.74, 6) is 0.972. The van der Waals surface area contributed by atoms with Crippen LogP contribution < -0.4 is 10.9 Å². The van der Waals surface area contributed by atoms with Crippen molar-refractivity contribution < 1.29 is 4.79 Å². The molecule has 1 unspecified atom stereocenters.